The molecule has 20 heavy (non-hydrogen) atoms. The van der Waals surface area contributed by atoms with Gasteiger partial charge in [-0.2, -0.15) is 0 Å². The maximum atomic E-state index is 6.35. The van der Waals surface area contributed by atoms with Crippen molar-refractivity contribution in [2.45, 2.75) is 45.3 Å². The summed E-state index contributed by atoms with van der Waals surface area (Å²) < 4.78 is 7.02. The van der Waals surface area contributed by atoms with Crippen molar-refractivity contribution in [1.82, 2.24) is 5.32 Å². The van der Waals surface area contributed by atoms with Crippen molar-refractivity contribution in [1.29, 1.82) is 0 Å². The van der Waals surface area contributed by atoms with Gasteiger partial charge in [-0.05, 0) is 56.3 Å². The lowest BCUT2D eigenvalue weighted by molar-refractivity contribution is 0.0196. The Bertz CT molecular complexity index is 436. The minimum Gasteiger partial charge on any atom is -0.377 e. The number of hydrogen-bond donors (Lipinski definition) is 1. The van der Waals surface area contributed by atoms with E-state index in [2.05, 4.69) is 47.2 Å². The van der Waals surface area contributed by atoms with Crippen LogP contribution in [0.15, 0.2) is 22.7 Å². The zero-order valence-electron chi connectivity index (χ0n) is 12.2. The Morgan fingerprint density at radius 2 is 2.15 bits per heavy atom. The molecule has 2 nitrogen and oxygen atoms in total. The van der Waals surface area contributed by atoms with Gasteiger partial charge in [-0.1, -0.05) is 40.5 Å². The van der Waals surface area contributed by atoms with Crippen molar-refractivity contribution in [3.8, 4) is 0 Å². The van der Waals surface area contributed by atoms with Gasteiger partial charge in [-0.15, -0.1) is 0 Å². The van der Waals surface area contributed by atoms with Crippen LogP contribution in [0.2, 0.25) is 5.02 Å². The van der Waals surface area contributed by atoms with E-state index in [1.807, 2.05) is 6.07 Å². The van der Waals surface area contributed by atoms with Gasteiger partial charge in [-0.25, -0.2) is 0 Å². The molecule has 0 heterocycles. The highest BCUT2D eigenvalue weighted by molar-refractivity contribution is 9.10. The van der Waals surface area contributed by atoms with Gasteiger partial charge in [-0.3, -0.25) is 0 Å². The Balaban J connectivity index is 2.10. The summed E-state index contributed by atoms with van der Waals surface area (Å²) in [4.78, 5) is 0. The van der Waals surface area contributed by atoms with Gasteiger partial charge >= 0.3 is 0 Å². The molecule has 2 unspecified atom stereocenters. The molecule has 4 heteroatoms. The topological polar surface area (TPSA) is 21.3 Å². The number of benzene rings is 1. The lowest BCUT2D eigenvalue weighted by atomic mass is 9.98. The van der Waals surface area contributed by atoms with Crippen LogP contribution >= 0.6 is 27.5 Å². The summed E-state index contributed by atoms with van der Waals surface area (Å²) in [6.45, 7) is 5.95. The van der Waals surface area contributed by atoms with Crippen LogP contribution in [0, 0.1) is 5.92 Å². The fourth-order valence-corrected chi connectivity index (χ4v) is 3.44. The zero-order chi connectivity index (χ0) is 14.5. The molecule has 1 aromatic carbocycles. The summed E-state index contributed by atoms with van der Waals surface area (Å²) in [5.41, 5.74) is 1.19. The molecule has 112 valence electrons. The SMILES string of the molecule is CCNC(Cc1ccc(Br)cc1Cl)C(OCC)C1CC1. The number of hydrogen-bond acceptors (Lipinski definition) is 2. The van der Waals surface area contributed by atoms with Crippen molar-refractivity contribution in [2.24, 2.45) is 5.92 Å². The lowest BCUT2D eigenvalue weighted by Crippen LogP contribution is -2.44. The first-order valence-electron chi connectivity index (χ1n) is 7.44. The zero-order valence-corrected chi connectivity index (χ0v) is 14.5. The fraction of sp³-hybridized carbons (Fsp3) is 0.625. The van der Waals surface area contributed by atoms with Gasteiger partial charge in [0.1, 0.15) is 0 Å². The van der Waals surface area contributed by atoms with Crippen LogP contribution < -0.4 is 5.32 Å². The van der Waals surface area contributed by atoms with Gasteiger partial charge in [0.2, 0.25) is 0 Å². The summed E-state index contributed by atoms with van der Waals surface area (Å²) >= 11 is 9.81. The highest BCUT2D eigenvalue weighted by Crippen LogP contribution is 2.37. The van der Waals surface area contributed by atoms with Gasteiger partial charge in [0.05, 0.1) is 6.10 Å². The van der Waals surface area contributed by atoms with Crippen LogP contribution in [0.1, 0.15) is 32.3 Å². The average molecular weight is 361 g/mol. The van der Waals surface area contributed by atoms with Crippen LogP contribution in [0.4, 0.5) is 0 Å². The maximum Gasteiger partial charge on any atom is 0.0759 e. The molecule has 0 aliphatic heterocycles. The van der Waals surface area contributed by atoms with Crippen LogP contribution in [0.3, 0.4) is 0 Å². The van der Waals surface area contributed by atoms with Gasteiger partial charge in [0, 0.05) is 22.1 Å². The molecular weight excluding hydrogens is 338 g/mol. The summed E-state index contributed by atoms with van der Waals surface area (Å²) in [6.07, 6.45) is 3.81. The van der Waals surface area contributed by atoms with E-state index in [-0.39, 0.29) is 0 Å². The van der Waals surface area contributed by atoms with E-state index in [1.54, 1.807) is 0 Å². The molecule has 0 radical (unpaired) electrons. The fourth-order valence-electron chi connectivity index (χ4n) is 2.69. The van der Waals surface area contributed by atoms with E-state index in [0.717, 1.165) is 29.1 Å². The third-order valence-corrected chi connectivity index (χ3v) is 4.61. The summed E-state index contributed by atoms with van der Waals surface area (Å²) in [6, 6.07) is 6.46. The molecule has 0 aromatic heterocycles. The van der Waals surface area contributed by atoms with Crippen LogP contribution in [0.5, 0.6) is 0 Å². The first kappa shape index (κ1) is 16.3. The summed E-state index contributed by atoms with van der Waals surface area (Å²) in [7, 11) is 0. The van der Waals surface area contributed by atoms with Gasteiger partial charge in [0.15, 0.2) is 0 Å². The van der Waals surface area contributed by atoms with E-state index in [4.69, 9.17) is 16.3 Å². The largest absolute Gasteiger partial charge is 0.377 e. The normalized spacial score (nSPS) is 18.0. The molecular formula is C16H23BrClNO. The quantitative estimate of drug-likeness (QED) is 0.740. The minimum atomic E-state index is 0.305. The molecule has 0 saturated heterocycles. The van der Waals surface area contributed by atoms with E-state index in [9.17, 15) is 0 Å². The van der Waals surface area contributed by atoms with E-state index in [0.29, 0.717) is 18.1 Å². The second-order valence-corrected chi connectivity index (χ2v) is 6.68. The Hall–Kier alpha value is -0.0900. The predicted molar refractivity (Wildman–Crippen MR) is 88.5 cm³/mol. The van der Waals surface area contributed by atoms with E-state index in [1.165, 1.54) is 18.4 Å². The lowest BCUT2D eigenvalue weighted by Gasteiger charge is -2.28. The molecule has 0 amide bonds. The molecule has 1 aliphatic carbocycles. The van der Waals surface area contributed by atoms with Crippen molar-refractivity contribution < 1.29 is 4.74 Å². The van der Waals surface area contributed by atoms with Crippen LogP contribution in [0.25, 0.3) is 0 Å². The predicted octanol–water partition coefficient (Wildman–Crippen LogP) is 4.44. The van der Waals surface area contributed by atoms with Crippen LogP contribution in [-0.4, -0.2) is 25.3 Å². The second-order valence-electron chi connectivity index (χ2n) is 5.36. The van der Waals surface area contributed by atoms with Crippen molar-refractivity contribution in [3.05, 3.63) is 33.3 Å². The van der Waals surface area contributed by atoms with Crippen molar-refractivity contribution in [3.63, 3.8) is 0 Å². The molecule has 1 aromatic rings. The van der Waals surface area contributed by atoms with Crippen molar-refractivity contribution >= 4 is 27.5 Å². The van der Waals surface area contributed by atoms with Crippen molar-refractivity contribution in [2.75, 3.05) is 13.2 Å². The van der Waals surface area contributed by atoms with Gasteiger partial charge < -0.3 is 10.1 Å². The maximum absolute atomic E-state index is 6.35. The third kappa shape index (κ3) is 4.45. The minimum absolute atomic E-state index is 0.305. The average Bonchev–Trinajstić information content (AvgIpc) is 3.23. The smallest absolute Gasteiger partial charge is 0.0759 e. The van der Waals surface area contributed by atoms with Gasteiger partial charge in [0.25, 0.3) is 0 Å². The molecule has 1 aliphatic rings. The highest BCUT2D eigenvalue weighted by atomic mass is 79.9. The van der Waals surface area contributed by atoms with E-state index < -0.39 is 0 Å². The molecule has 1 N–H and O–H groups in total. The molecule has 2 rings (SSSR count). The number of nitrogens with one attached hydrogen (secondary N) is 1. The number of likely N-dealkylation sites (N-methyl/N-ethyl adjacent to an activating group) is 1. The Kier molecular flexibility index (Phi) is 6.34. The standard InChI is InChI=1S/C16H23BrClNO/c1-3-19-15(16(20-4-2)11-5-6-11)9-12-7-8-13(17)10-14(12)18/h7-8,10-11,15-16,19H,3-6,9H2,1-2H3. The van der Waals surface area contributed by atoms with Crippen LogP contribution in [-0.2, 0) is 11.2 Å². The summed E-state index contributed by atoms with van der Waals surface area (Å²) in [5.74, 6) is 0.716. The highest BCUT2D eigenvalue weighted by Gasteiger charge is 2.37. The Morgan fingerprint density at radius 1 is 1.40 bits per heavy atom. The monoisotopic (exact) mass is 359 g/mol. The second kappa shape index (κ2) is 7.79. The molecule has 0 spiro atoms. The number of rotatable bonds is 8. The molecule has 2 atom stereocenters. The van der Waals surface area contributed by atoms with E-state index >= 15 is 0 Å². The molecule has 1 saturated carbocycles. The summed E-state index contributed by atoms with van der Waals surface area (Å²) in [5, 5.41) is 4.41. The third-order valence-electron chi connectivity index (χ3n) is 3.76. The Labute approximate surface area is 135 Å². The molecule has 0 bridgehead atoms. The number of halogens is 2. The Morgan fingerprint density at radius 3 is 2.70 bits per heavy atom. The first-order chi connectivity index (χ1) is 9.65. The number of ether oxygens (including phenoxy) is 1. The molecule has 1 fully saturated rings. The first-order valence-corrected chi connectivity index (χ1v) is 8.61.